The minimum Gasteiger partial charge on any atom is -0.479 e. The molecule has 1 aliphatic carbocycles. The van der Waals surface area contributed by atoms with Crippen LogP contribution in [-0.4, -0.2) is 58.3 Å². The average molecular weight is 595 g/mol. The number of benzene rings is 4. The summed E-state index contributed by atoms with van der Waals surface area (Å²) in [5.41, 5.74) is 5.34. The lowest BCUT2D eigenvalue weighted by Gasteiger charge is -2.28. The average Bonchev–Trinajstić information content (AvgIpc) is 3.48. The number of carboxylic acids is 1. The number of esters is 1. The van der Waals surface area contributed by atoms with Crippen LogP contribution >= 0.6 is 0 Å². The number of urea groups is 1. The van der Waals surface area contributed by atoms with Gasteiger partial charge >= 0.3 is 18.0 Å². The number of carboxylic acid groups (broad SMARTS) is 1. The molecule has 3 N–H and O–H groups in total. The van der Waals surface area contributed by atoms with E-state index in [4.69, 9.17) is 4.74 Å². The number of carbonyl (C=O) groups excluding carboxylic acids is 2. The van der Waals surface area contributed by atoms with Gasteiger partial charge in [-0.1, -0.05) is 86.6 Å². The maximum absolute atomic E-state index is 13.6. The Labute approximate surface area is 257 Å². The maximum Gasteiger partial charge on any atom is 0.334 e. The molecule has 1 aliphatic rings. The molecule has 0 bridgehead atoms. The minimum absolute atomic E-state index is 0.000159. The first kappa shape index (κ1) is 30.8. The molecule has 2 amide bonds. The van der Waals surface area contributed by atoms with Crippen molar-refractivity contribution in [3.05, 3.63) is 102 Å². The van der Waals surface area contributed by atoms with E-state index in [1.54, 1.807) is 6.07 Å². The van der Waals surface area contributed by atoms with Crippen LogP contribution < -0.4 is 10.1 Å². The number of hydrogen-bond acceptors (Lipinski definition) is 5. The van der Waals surface area contributed by atoms with Gasteiger partial charge in [0.05, 0.1) is 6.54 Å². The molecule has 8 heteroatoms. The molecular formula is C36H38N2O6. The number of fused-ring (bicyclic) bond motifs is 2. The molecule has 44 heavy (non-hydrogen) atoms. The van der Waals surface area contributed by atoms with Gasteiger partial charge in [0.2, 0.25) is 0 Å². The third-order valence-electron chi connectivity index (χ3n) is 7.92. The number of aliphatic carboxylic acids is 1. The first-order chi connectivity index (χ1) is 21.2. The Bertz CT molecular complexity index is 1640. The molecule has 5 rings (SSSR count). The highest BCUT2D eigenvalue weighted by Crippen LogP contribution is 2.29. The first-order valence-electron chi connectivity index (χ1n) is 15.0. The lowest BCUT2D eigenvalue weighted by Crippen LogP contribution is -2.53. The summed E-state index contributed by atoms with van der Waals surface area (Å²) in [6.45, 7) is 3.54. The maximum atomic E-state index is 13.6. The predicted octanol–water partition coefficient (Wildman–Crippen LogP) is 5.63. The smallest absolute Gasteiger partial charge is 0.334 e. The van der Waals surface area contributed by atoms with Crippen molar-refractivity contribution in [1.82, 2.24) is 10.2 Å². The van der Waals surface area contributed by atoms with Gasteiger partial charge in [-0.05, 0) is 75.9 Å². The van der Waals surface area contributed by atoms with E-state index in [9.17, 15) is 24.6 Å². The fourth-order valence-corrected chi connectivity index (χ4v) is 5.73. The molecule has 2 atom stereocenters. The van der Waals surface area contributed by atoms with E-state index in [2.05, 4.69) is 29.6 Å². The summed E-state index contributed by atoms with van der Waals surface area (Å²) in [5.74, 6) is -1.63. The van der Waals surface area contributed by atoms with Crippen molar-refractivity contribution in [1.29, 1.82) is 0 Å². The number of amides is 2. The van der Waals surface area contributed by atoms with Crippen LogP contribution in [0.5, 0.6) is 5.75 Å². The van der Waals surface area contributed by atoms with Gasteiger partial charge in [0.25, 0.3) is 0 Å². The van der Waals surface area contributed by atoms with E-state index < -0.39 is 36.7 Å². The second-order valence-electron chi connectivity index (χ2n) is 11.8. The molecule has 4 aromatic carbocycles. The number of rotatable bonds is 11. The van der Waals surface area contributed by atoms with Crippen LogP contribution in [0.2, 0.25) is 0 Å². The van der Waals surface area contributed by atoms with Gasteiger partial charge < -0.3 is 25.2 Å². The van der Waals surface area contributed by atoms with Gasteiger partial charge in [0.1, 0.15) is 11.8 Å². The second kappa shape index (κ2) is 13.7. The number of aliphatic hydroxyl groups is 1. The zero-order valence-electron chi connectivity index (χ0n) is 25.0. The molecule has 0 heterocycles. The summed E-state index contributed by atoms with van der Waals surface area (Å²) in [4.78, 5) is 39.5. The minimum atomic E-state index is -1.75. The van der Waals surface area contributed by atoms with Crippen LogP contribution in [0.1, 0.15) is 37.0 Å². The van der Waals surface area contributed by atoms with Crippen molar-refractivity contribution in [3.63, 3.8) is 0 Å². The molecule has 8 nitrogen and oxygen atoms in total. The number of hydrogen-bond donors (Lipinski definition) is 3. The van der Waals surface area contributed by atoms with Crippen molar-refractivity contribution in [2.45, 2.75) is 51.7 Å². The summed E-state index contributed by atoms with van der Waals surface area (Å²) in [7, 11) is 0. The molecule has 0 aliphatic heterocycles. The molecule has 0 radical (unpaired) electrons. The van der Waals surface area contributed by atoms with E-state index in [0.717, 1.165) is 52.3 Å². The fourth-order valence-electron chi connectivity index (χ4n) is 5.73. The van der Waals surface area contributed by atoms with Crippen molar-refractivity contribution in [2.24, 2.45) is 5.92 Å². The quantitative estimate of drug-likeness (QED) is 0.153. The van der Waals surface area contributed by atoms with Crippen LogP contribution in [0, 0.1) is 5.92 Å². The highest BCUT2D eigenvalue weighted by atomic mass is 16.5. The SMILES string of the molecule is CC(C)CN(CC(O)C(=O)O)C(=O)NC(Cc1ccc(-c2cccc3ccccc23)cc1)C(=O)Oc1ccc2c(c1)CCC2. The molecule has 2 unspecified atom stereocenters. The third kappa shape index (κ3) is 7.44. The zero-order chi connectivity index (χ0) is 31.2. The van der Waals surface area contributed by atoms with Crippen LogP contribution in [0.4, 0.5) is 4.79 Å². The topological polar surface area (TPSA) is 116 Å². The Morgan fingerprint density at radius 1 is 0.886 bits per heavy atom. The van der Waals surface area contributed by atoms with Crippen molar-refractivity contribution in [2.75, 3.05) is 13.1 Å². The number of carbonyl (C=O) groups is 3. The molecule has 0 saturated carbocycles. The third-order valence-corrected chi connectivity index (χ3v) is 7.92. The van der Waals surface area contributed by atoms with E-state index in [1.165, 1.54) is 10.5 Å². The lowest BCUT2D eigenvalue weighted by atomic mass is 9.96. The Morgan fingerprint density at radius 2 is 1.61 bits per heavy atom. The first-order valence-corrected chi connectivity index (χ1v) is 15.0. The Kier molecular flexibility index (Phi) is 9.60. The molecule has 0 aromatic heterocycles. The Balaban J connectivity index is 1.38. The van der Waals surface area contributed by atoms with Gasteiger partial charge in [0, 0.05) is 13.0 Å². The lowest BCUT2D eigenvalue weighted by molar-refractivity contribution is -0.147. The number of aryl methyl sites for hydroxylation is 2. The summed E-state index contributed by atoms with van der Waals surface area (Å²) in [6, 6.07) is 26.1. The van der Waals surface area contributed by atoms with Crippen LogP contribution in [0.25, 0.3) is 21.9 Å². The molecule has 0 fully saturated rings. The Hall–Kier alpha value is -4.69. The van der Waals surface area contributed by atoms with Crippen LogP contribution in [0.15, 0.2) is 84.9 Å². The van der Waals surface area contributed by atoms with E-state index in [1.807, 2.05) is 68.4 Å². The highest BCUT2D eigenvalue weighted by molar-refractivity contribution is 5.96. The van der Waals surface area contributed by atoms with Gasteiger partial charge in [-0.25, -0.2) is 14.4 Å². The highest BCUT2D eigenvalue weighted by Gasteiger charge is 2.29. The largest absolute Gasteiger partial charge is 0.479 e. The standard InChI is InChI=1S/C36H38N2O6/c1-23(2)21-38(22-33(39)34(40)41)36(43)37-32(35(42)44-29-18-17-25-8-5-10-28(25)20-29)19-24-13-15-27(16-14-24)31-12-6-9-26-7-3-4-11-30(26)31/h3-4,6-7,9,11-18,20,23,32-33,39H,5,8,10,19,21-22H2,1-2H3,(H,37,43)(H,40,41). The molecule has 4 aromatic rings. The number of nitrogens with zero attached hydrogens (tertiary/aromatic N) is 1. The normalized spacial score (nSPS) is 13.7. The monoisotopic (exact) mass is 594 g/mol. The van der Waals surface area contributed by atoms with E-state index >= 15 is 0 Å². The molecule has 0 spiro atoms. The van der Waals surface area contributed by atoms with Gasteiger partial charge in [0.15, 0.2) is 6.10 Å². The van der Waals surface area contributed by atoms with Crippen LogP contribution in [0.3, 0.4) is 0 Å². The van der Waals surface area contributed by atoms with Crippen molar-refractivity contribution >= 4 is 28.7 Å². The summed E-state index contributed by atoms with van der Waals surface area (Å²) in [5, 5.41) is 24.3. The van der Waals surface area contributed by atoms with Crippen molar-refractivity contribution in [3.8, 4) is 16.9 Å². The number of nitrogens with one attached hydrogen (secondary N) is 1. The van der Waals surface area contributed by atoms with Crippen LogP contribution in [-0.2, 0) is 28.9 Å². The predicted molar refractivity (Wildman–Crippen MR) is 170 cm³/mol. The zero-order valence-corrected chi connectivity index (χ0v) is 25.0. The summed E-state index contributed by atoms with van der Waals surface area (Å²) >= 11 is 0. The molecule has 228 valence electrons. The number of aliphatic hydroxyl groups excluding tert-OH is 1. The summed E-state index contributed by atoms with van der Waals surface area (Å²) < 4.78 is 5.78. The van der Waals surface area contributed by atoms with Gasteiger partial charge in [-0.3, -0.25) is 0 Å². The number of ether oxygens (including phenoxy) is 1. The van der Waals surface area contributed by atoms with Gasteiger partial charge in [-0.15, -0.1) is 0 Å². The Morgan fingerprint density at radius 3 is 2.36 bits per heavy atom. The molecular weight excluding hydrogens is 556 g/mol. The molecule has 0 saturated heterocycles. The fraction of sp³-hybridized carbons (Fsp3) is 0.306. The van der Waals surface area contributed by atoms with Crippen molar-refractivity contribution < 1.29 is 29.3 Å². The summed E-state index contributed by atoms with van der Waals surface area (Å²) in [6.07, 6.45) is 1.40. The van der Waals surface area contributed by atoms with E-state index in [0.29, 0.717) is 5.75 Å². The van der Waals surface area contributed by atoms with E-state index in [-0.39, 0.29) is 18.9 Å². The van der Waals surface area contributed by atoms with Gasteiger partial charge in [-0.2, -0.15) is 0 Å². The second-order valence-corrected chi connectivity index (χ2v) is 11.8.